The van der Waals surface area contributed by atoms with Crippen molar-refractivity contribution in [2.45, 2.75) is 65.2 Å². The van der Waals surface area contributed by atoms with E-state index in [2.05, 4.69) is 44.2 Å². The summed E-state index contributed by atoms with van der Waals surface area (Å²) in [5.41, 5.74) is 7.63. The second kappa shape index (κ2) is 6.03. The Labute approximate surface area is 140 Å². The highest BCUT2D eigenvalue weighted by Crippen LogP contribution is 2.46. The molecular formula is C22H28O. The standard InChI is InChI=1S/C22H28O/c1-15-10-16(2)12-19(11-15)22(8-6-5-7-9-22)20-13-17(3)21(23)18(4)14-20/h10-14,23H,5-9H2,1-4H3. The third-order valence-corrected chi connectivity index (χ3v) is 5.53. The zero-order chi connectivity index (χ0) is 16.6. The predicted molar refractivity (Wildman–Crippen MR) is 97.4 cm³/mol. The summed E-state index contributed by atoms with van der Waals surface area (Å²) in [6.07, 6.45) is 6.32. The van der Waals surface area contributed by atoms with E-state index in [4.69, 9.17) is 0 Å². The third kappa shape index (κ3) is 2.89. The molecule has 0 amide bonds. The van der Waals surface area contributed by atoms with Crippen LogP contribution in [0.2, 0.25) is 0 Å². The number of aryl methyl sites for hydroxylation is 4. The fourth-order valence-corrected chi connectivity index (χ4v) is 4.38. The fourth-order valence-electron chi connectivity index (χ4n) is 4.38. The number of benzene rings is 2. The molecule has 2 aromatic carbocycles. The van der Waals surface area contributed by atoms with Gasteiger partial charge in [0.05, 0.1) is 0 Å². The lowest BCUT2D eigenvalue weighted by atomic mass is 9.64. The molecule has 1 saturated carbocycles. The summed E-state index contributed by atoms with van der Waals surface area (Å²) in [5, 5.41) is 10.2. The van der Waals surface area contributed by atoms with Gasteiger partial charge in [0.15, 0.2) is 0 Å². The highest BCUT2D eigenvalue weighted by molar-refractivity contribution is 5.50. The van der Waals surface area contributed by atoms with Crippen molar-refractivity contribution in [3.8, 4) is 5.75 Å². The van der Waals surface area contributed by atoms with E-state index in [0.29, 0.717) is 5.75 Å². The average molecular weight is 308 g/mol. The molecule has 0 aromatic heterocycles. The van der Waals surface area contributed by atoms with Crippen molar-refractivity contribution in [1.29, 1.82) is 0 Å². The first kappa shape index (κ1) is 16.1. The van der Waals surface area contributed by atoms with E-state index in [1.165, 1.54) is 54.4 Å². The molecule has 2 aromatic rings. The second-order valence-corrected chi connectivity index (χ2v) is 7.48. The molecule has 1 aliphatic rings. The minimum Gasteiger partial charge on any atom is -0.507 e. The largest absolute Gasteiger partial charge is 0.507 e. The number of rotatable bonds is 2. The molecule has 0 atom stereocenters. The monoisotopic (exact) mass is 308 g/mol. The van der Waals surface area contributed by atoms with Crippen molar-refractivity contribution in [3.05, 3.63) is 63.7 Å². The van der Waals surface area contributed by atoms with Crippen molar-refractivity contribution in [3.63, 3.8) is 0 Å². The van der Waals surface area contributed by atoms with Crippen LogP contribution >= 0.6 is 0 Å². The van der Waals surface area contributed by atoms with Gasteiger partial charge in [-0.1, -0.05) is 60.7 Å². The van der Waals surface area contributed by atoms with Crippen molar-refractivity contribution >= 4 is 0 Å². The Morgan fingerprint density at radius 3 is 1.70 bits per heavy atom. The fraction of sp³-hybridized carbons (Fsp3) is 0.455. The van der Waals surface area contributed by atoms with Crippen molar-refractivity contribution < 1.29 is 5.11 Å². The quantitative estimate of drug-likeness (QED) is 0.735. The van der Waals surface area contributed by atoms with Crippen LogP contribution in [0.25, 0.3) is 0 Å². The number of hydrogen-bond donors (Lipinski definition) is 1. The van der Waals surface area contributed by atoms with E-state index in [1.807, 2.05) is 13.8 Å². The van der Waals surface area contributed by atoms with E-state index in [0.717, 1.165) is 11.1 Å². The van der Waals surface area contributed by atoms with Crippen molar-refractivity contribution in [1.82, 2.24) is 0 Å². The molecule has 0 bridgehead atoms. The van der Waals surface area contributed by atoms with Gasteiger partial charge in [0, 0.05) is 5.41 Å². The van der Waals surface area contributed by atoms with Gasteiger partial charge in [0.1, 0.15) is 5.75 Å². The maximum atomic E-state index is 10.2. The Bertz CT molecular complexity index is 677. The summed E-state index contributed by atoms with van der Waals surface area (Å²) in [6, 6.07) is 11.4. The average Bonchev–Trinajstić information content (AvgIpc) is 2.52. The Morgan fingerprint density at radius 2 is 1.17 bits per heavy atom. The first-order valence-corrected chi connectivity index (χ1v) is 8.82. The minimum atomic E-state index is 0.109. The lowest BCUT2D eigenvalue weighted by Gasteiger charge is -2.39. The number of phenolic OH excluding ortho intramolecular Hbond substituents is 1. The number of aromatic hydroxyl groups is 1. The summed E-state index contributed by atoms with van der Waals surface area (Å²) < 4.78 is 0. The first-order chi connectivity index (χ1) is 10.9. The molecule has 0 radical (unpaired) electrons. The first-order valence-electron chi connectivity index (χ1n) is 8.82. The summed E-state index contributed by atoms with van der Waals surface area (Å²) in [4.78, 5) is 0. The van der Waals surface area contributed by atoms with E-state index in [1.54, 1.807) is 0 Å². The van der Waals surface area contributed by atoms with E-state index < -0.39 is 0 Å². The van der Waals surface area contributed by atoms with Crippen LogP contribution in [0, 0.1) is 27.7 Å². The van der Waals surface area contributed by atoms with Crippen LogP contribution in [0.1, 0.15) is 65.5 Å². The topological polar surface area (TPSA) is 20.2 Å². The summed E-state index contributed by atoms with van der Waals surface area (Å²) in [6.45, 7) is 8.43. The van der Waals surface area contributed by atoms with Gasteiger partial charge in [-0.3, -0.25) is 0 Å². The lowest BCUT2D eigenvalue weighted by Crippen LogP contribution is -2.31. The van der Waals surface area contributed by atoms with Crippen LogP contribution in [-0.2, 0) is 5.41 Å². The van der Waals surface area contributed by atoms with Crippen LogP contribution in [0.15, 0.2) is 30.3 Å². The molecule has 1 heteroatoms. The molecule has 1 fully saturated rings. The van der Waals surface area contributed by atoms with Crippen LogP contribution in [0.4, 0.5) is 0 Å². The van der Waals surface area contributed by atoms with Crippen molar-refractivity contribution in [2.24, 2.45) is 0 Å². The van der Waals surface area contributed by atoms with Crippen molar-refractivity contribution in [2.75, 3.05) is 0 Å². The predicted octanol–water partition coefficient (Wildman–Crippen LogP) is 5.88. The van der Waals surface area contributed by atoms with E-state index >= 15 is 0 Å². The Hall–Kier alpha value is -1.76. The van der Waals surface area contributed by atoms with Gasteiger partial charge in [-0.05, 0) is 62.8 Å². The highest BCUT2D eigenvalue weighted by atomic mass is 16.3. The summed E-state index contributed by atoms with van der Waals surface area (Å²) in [5.74, 6) is 0.445. The molecule has 122 valence electrons. The van der Waals surface area contributed by atoms with Crippen LogP contribution in [0.5, 0.6) is 5.75 Å². The zero-order valence-corrected chi connectivity index (χ0v) is 14.9. The minimum absolute atomic E-state index is 0.109. The smallest absolute Gasteiger partial charge is 0.121 e. The van der Waals surface area contributed by atoms with Gasteiger partial charge in [-0.25, -0.2) is 0 Å². The summed E-state index contributed by atoms with van der Waals surface area (Å²) in [7, 11) is 0. The van der Waals surface area contributed by atoms with Crippen LogP contribution < -0.4 is 0 Å². The number of phenols is 1. The van der Waals surface area contributed by atoms with Crippen LogP contribution in [0.3, 0.4) is 0 Å². The molecule has 1 nitrogen and oxygen atoms in total. The van der Waals surface area contributed by atoms with Gasteiger partial charge in [-0.15, -0.1) is 0 Å². The molecule has 1 aliphatic carbocycles. The van der Waals surface area contributed by atoms with Gasteiger partial charge < -0.3 is 5.11 Å². The zero-order valence-electron chi connectivity index (χ0n) is 14.9. The van der Waals surface area contributed by atoms with E-state index in [9.17, 15) is 5.11 Å². The highest BCUT2D eigenvalue weighted by Gasteiger charge is 2.36. The molecule has 0 spiro atoms. The maximum Gasteiger partial charge on any atom is 0.121 e. The Balaban J connectivity index is 2.21. The van der Waals surface area contributed by atoms with Crippen LogP contribution in [-0.4, -0.2) is 5.11 Å². The van der Waals surface area contributed by atoms with Gasteiger partial charge in [0.2, 0.25) is 0 Å². The van der Waals surface area contributed by atoms with Gasteiger partial charge in [0.25, 0.3) is 0 Å². The molecule has 0 aliphatic heterocycles. The molecule has 3 rings (SSSR count). The Morgan fingerprint density at radius 1 is 0.696 bits per heavy atom. The molecule has 0 unspecified atom stereocenters. The molecule has 1 N–H and O–H groups in total. The number of hydrogen-bond acceptors (Lipinski definition) is 1. The normalized spacial score (nSPS) is 17.2. The van der Waals surface area contributed by atoms with Gasteiger partial charge >= 0.3 is 0 Å². The third-order valence-electron chi connectivity index (χ3n) is 5.53. The lowest BCUT2D eigenvalue weighted by molar-refractivity contribution is 0.345. The van der Waals surface area contributed by atoms with E-state index in [-0.39, 0.29) is 5.41 Å². The molecule has 23 heavy (non-hydrogen) atoms. The maximum absolute atomic E-state index is 10.2. The Kier molecular flexibility index (Phi) is 4.23. The van der Waals surface area contributed by atoms with Gasteiger partial charge in [-0.2, -0.15) is 0 Å². The molecule has 0 saturated heterocycles. The molecule has 0 heterocycles. The SMILES string of the molecule is Cc1cc(C)cc(C2(c3cc(C)c(O)c(C)c3)CCCCC2)c1. The second-order valence-electron chi connectivity index (χ2n) is 7.48. The molecular weight excluding hydrogens is 280 g/mol. The summed E-state index contributed by atoms with van der Waals surface area (Å²) >= 11 is 0.